The number of esters is 9. The van der Waals surface area contributed by atoms with Crippen molar-refractivity contribution in [3.05, 3.63) is 108 Å². The normalized spacial score (nSPS) is 21.8. The summed E-state index contributed by atoms with van der Waals surface area (Å²) in [6, 6.07) is 27.4. The maximum atomic E-state index is 14.7. The average Bonchev–Trinajstić information content (AvgIpc) is 0.737. The van der Waals surface area contributed by atoms with Gasteiger partial charge in [0.2, 0.25) is 35.4 Å². The number of hydrogen-bond donors (Lipinski definition) is 5. The topological polar surface area (TPSA) is 461 Å². The van der Waals surface area contributed by atoms with Gasteiger partial charge < -0.3 is 103 Å². The van der Waals surface area contributed by atoms with E-state index in [0.29, 0.717) is 135 Å². The first kappa shape index (κ1) is 107. The summed E-state index contributed by atoms with van der Waals surface area (Å²) in [6.45, 7) is 15.9. The molecule has 6 rings (SSSR count). The molecule has 3 aromatic carbocycles. The zero-order valence-corrected chi connectivity index (χ0v) is 76.4. The molecule has 129 heavy (non-hydrogen) atoms. The molecule has 0 radical (unpaired) electrons. The van der Waals surface area contributed by atoms with Gasteiger partial charge in [0.1, 0.15) is 56.3 Å². The summed E-state index contributed by atoms with van der Waals surface area (Å²) in [4.78, 5) is 193. The van der Waals surface area contributed by atoms with Crippen molar-refractivity contribution < 1.29 is 143 Å². The smallest absolute Gasteiger partial charge is 0.303 e. The summed E-state index contributed by atoms with van der Waals surface area (Å²) >= 11 is 0. The molecular formula is C92H133N7O30. The summed E-state index contributed by atoms with van der Waals surface area (Å²) < 4.78 is 85.8. The Bertz CT molecular complexity index is 3960. The average molecular weight is 1820 g/mol. The second kappa shape index (κ2) is 57.5. The minimum Gasteiger partial charge on any atom is -0.463 e. The van der Waals surface area contributed by atoms with E-state index in [-0.39, 0.29) is 76.6 Å². The van der Waals surface area contributed by atoms with Gasteiger partial charge in [-0.3, -0.25) is 76.8 Å². The third-order valence-corrected chi connectivity index (χ3v) is 21.3. The first-order chi connectivity index (χ1) is 61.7. The highest BCUT2D eigenvalue weighted by Crippen LogP contribution is 2.43. The number of unbranched alkanes of at least 4 members (excludes halogenated alkanes) is 10. The van der Waals surface area contributed by atoms with Crippen molar-refractivity contribution in [2.75, 3.05) is 78.9 Å². The fourth-order valence-electron chi connectivity index (χ4n) is 15.9. The van der Waals surface area contributed by atoms with E-state index in [9.17, 15) is 71.9 Å². The summed E-state index contributed by atoms with van der Waals surface area (Å²) in [5.74, 6) is -8.25. The van der Waals surface area contributed by atoms with E-state index in [1.807, 2.05) is 59.5 Å². The van der Waals surface area contributed by atoms with Gasteiger partial charge in [0, 0.05) is 155 Å². The molecule has 3 fully saturated rings. The lowest BCUT2D eigenvalue weighted by molar-refractivity contribution is -0.277. The van der Waals surface area contributed by atoms with Crippen molar-refractivity contribution in [2.45, 2.75) is 303 Å². The number of ether oxygens (including phenoxy) is 15. The monoisotopic (exact) mass is 1820 g/mol. The minimum atomic E-state index is -1.29. The van der Waals surface area contributed by atoms with Crippen molar-refractivity contribution in [2.24, 2.45) is 0 Å². The number of amides is 6. The molecule has 0 aromatic heterocycles. The van der Waals surface area contributed by atoms with Crippen LogP contribution in [0.1, 0.15) is 222 Å². The lowest BCUT2D eigenvalue weighted by Gasteiger charge is -2.46. The van der Waals surface area contributed by atoms with Crippen LogP contribution in [-0.2, 0) is 149 Å². The van der Waals surface area contributed by atoms with Gasteiger partial charge in [-0.15, -0.1) is 0 Å². The second-order valence-corrected chi connectivity index (χ2v) is 32.1. The van der Waals surface area contributed by atoms with E-state index in [1.54, 1.807) is 0 Å². The summed E-state index contributed by atoms with van der Waals surface area (Å²) in [5.41, 5.74) is 2.22. The highest BCUT2D eigenvalue weighted by molar-refractivity contribution is 5.78. The standard InChI is InChI=1S/C92H133N7O30/c1-59(100)95-80-86(124-68(10)109)83(121-65(7)106)74(56-118-62(4)103)127-89(80)115-53-33-16-13-28-44-77(112)93-47-36-50-98(79(114)46-30-15-18-35-55-117-91-82(97-61(3)102)88(126-70(12)111)85(123-67(9)108)76(129-91)58-120-64(6)105)49-31-32-51-99(92(71-38-22-19-23-39-71,72-40-24-20-25-41-72)73-42-26-21-27-43-73)52-37-48-94-78(113)45-29-14-17-34-54-116-90-81(96-60(2)101)87(125-69(11)110)84(122-66(8)107)75(128-90)57-119-63(5)104/h19-27,38-43,74-76,80-91H,13-18,28-37,44-58H2,1-12H3,(H,93,112)(H,94,113)(H,95,100)(H,96,101)(H,97,102)/t74?,75?,76?,80?,81?,82?,83-,84-,85-,86+,87+,88+,89+,90+,91+/m0/s1. The number of hydrogen-bond acceptors (Lipinski definition) is 31. The van der Waals surface area contributed by atoms with Crippen molar-refractivity contribution in [1.29, 1.82) is 0 Å². The van der Waals surface area contributed by atoms with Gasteiger partial charge in [0.25, 0.3) is 0 Å². The molecule has 0 saturated carbocycles. The molecule has 3 aliphatic rings. The molecule has 6 unspecified atom stereocenters. The maximum absolute atomic E-state index is 14.7. The van der Waals surface area contributed by atoms with Gasteiger partial charge in [-0.1, -0.05) is 130 Å². The second-order valence-electron chi connectivity index (χ2n) is 32.1. The maximum Gasteiger partial charge on any atom is 0.303 e. The molecule has 0 spiro atoms. The van der Waals surface area contributed by atoms with Crippen LogP contribution in [0.3, 0.4) is 0 Å². The molecule has 3 saturated heterocycles. The number of rotatable bonds is 56. The van der Waals surface area contributed by atoms with Crippen LogP contribution < -0.4 is 26.6 Å². The van der Waals surface area contributed by atoms with Gasteiger partial charge >= 0.3 is 53.7 Å². The number of nitrogens with zero attached hydrogens (tertiary/aromatic N) is 2. The molecule has 3 aromatic rings. The predicted octanol–water partition coefficient (Wildman–Crippen LogP) is 6.77. The SMILES string of the molecule is CC(=O)NC1[C@H](OCCCCCCC(=O)NCCCN(CCCCN(CCCNC(=O)CCCCCCO[C@@H]2OC(COC(C)=O)[C@H](OC(C)=O)[C@H](OC(C)=O)C2NC(C)=O)C(c2ccccc2)(c2ccccc2)c2ccccc2)C(=O)CCCCCCO[C@@H]2OC(COC(C)=O)[C@H](OC(C)=O)[C@H](OC(C)=O)C2NC(C)=O)OC(COC(C)=O)[C@H](OC(C)=O)[C@@H]1OC(C)=O. The van der Waals surface area contributed by atoms with Crippen LogP contribution in [0.2, 0.25) is 0 Å². The van der Waals surface area contributed by atoms with Crippen molar-refractivity contribution in [1.82, 2.24) is 36.4 Å². The summed E-state index contributed by atoms with van der Waals surface area (Å²) in [5, 5.41) is 14.3. The van der Waals surface area contributed by atoms with Gasteiger partial charge in [-0.25, -0.2) is 0 Å². The van der Waals surface area contributed by atoms with E-state index in [4.69, 9.17) is 71.1 Å². The van der Waals surface area contributed by atoms with Crippen molar-refractivity contribution >= 4 is 89.2 Å². The van der Waals surface area contributed by atoms with E-state index in [2.05, 4.69) is 67.9 Å². The Kier molecular flexibility index (Phi) is 47.8. The van der Waals surface area contributed by atoms with Gasteiger partial charge in [-0.2, -0.15) is 0 Å². The third kappa shape index (κ3) is 37.8. The minimum absolute atomic E-state index is 0.0784. The Labute approximate surface area is 754 Å². The van der Waals surface area contributed by atoms with Crippen LogP contribution in [0.4, 0.5) is 0 Å². The van der Waals surface area contributed by atoms with Crippen LogP contribution in [0.5, 0.6) is 0 Å². The molecule has 0 aliphatic carbocycles. The molecule has 5 N–H and O–H groups in total. The fourth-order valence-corrected chi connectivity index (χ4v) is 15.9. The quantitative estimate of drug-likeness (QED) is 0.0168. The molecule has 37 nitrogen and oxygen atoms in total. The molecule has 37 heteroatoms. The lowest BCUT2D eigenvalue weighted by atomic mass is 9.75. The Morgan fingerprint density at radius 3 is 0.884 bits per heavy atom. The first-order valence-electron chi connectivity index (χ1n) is 44.5. The zero-order valence-electron chi connectivity index (χ0n) is 76.4. The van der Waals surface area contributed by atoms with Gasteiger partial charge in [0.15, 0.2) is 55.5 Å². The van der Waals surface area contributed by atoms with Crippen LogP contribution in [-0.4, -0.2) is 270 Å². The molecule has 6 amide bonds. The Morgan fingerprint density at radius 2 is 0.581 bits per heavy atom. The molecule has 15 atom stereocenters. The lowest BCUT2D eigenvalue weighted by Crippen LogP contribution is -2.66. The first-order valence-corrected chi connectivity index (χ1v) is 44.5. The van der Waals surface area contributed by atoms with E-state index in [1.165, 1.54) is 41.5 Å². The molecule has 716 valence electrons. The van der Waals surface area contributed by atoms with Crippen LogP contribution in [0.15, 0.2) is 91.0 Å². The van der Waals surface area contributed by atoms with Crippen LogP contribution in [0, 0.1) is 0 Å². The number of benzene rings is 3. The number of nitrogens with one attached hydrogen (secondary N) is 5. The predicted molar refractivity (Wildman–Crippen MR) is 461 cm³/mol. The summed E-state index contributed by atoms with van der Waals surface area (Å²) in [6.07, 6.45) is -4.90. The van der Waals surface area contributed by atoms with Gasteiger partial charge in [0.05, 0.1) is 5.54 Å². The number of carbonyl (C=O) groups is 15. The zero-order chi connectivity index (χ0) is 94.4. The number of carbonyl (C=O) groups excluding carboxylic acids is 15. The Balaban J connectivity index is 1.11. The van der Waals surface area contributed by atoms with E-state index in [0.717, 1.165) is 58.2 Å². The van der Waals surface area contributed by atoms with Crippen molar-refractivity contribution in [3.8, 4) is 0 Å². The highest BCUT2D eigenvalue weighted by Gasteiger charge is 2.55. The van der Waals surface area contributed by atoms with Crippen molar-refractivity contribution in [3.63, 3.8) is 0 Å². The molecule has 0 bridgehead atoms. The van der Waals surface area contributed by atoms with E-state index < -0.39 is 176 Å². The van der Waals surface area contributed by atoms with Gasteiger partial charge in [-0.05, 0) is 87.4 Å². The summed E-state index contributed by atoms with van der Waals surface area (Å²) in [7, 11) is 0. The molecule has 3 aliphatic heterocycles. The van der Waals surface area contributed by atoms with Crippen LogP contribution in [0.25, 0.3) is 0 Å². The highest BCUT2D eigenvalue weighted by atomic mass is 16.7. The Hall–Kier alpha value is -10.6. The molecular weight excluding hydrogens is 1680 g/mol. The van der Waals surface area contributed by atoms with Crippen LogP contribution >= 0.6 is 0 Å². The Morgan fingerprint density at radius 1 is 0.310 bits per heavy atom. The largest absolute Gasteiger partial charge is 0.463 e. The van der Waals surface area contributed by atoms with E-state index >= 15 is 0 Å². The fraction of sp³-hybridized carbons (Fsp3) is 0.641. The molecule has 3 heterocycles. The third-order valence-electron chi connectivity index (χ3n) is 21.3.